The first-order valence-corrected chi connectivity index (χ1v) is 6.94. The highest BCUT2D eigenvalue weighted by molar-refractivity contribution is 14.1. The van der Waals surface area contributed by atoms with Crippen molar-refractivity contribution in [3.63, 3.8) is 0 Å². The van der Waals surface area contributed by atoms with Gasteiger partial charge in [-0.2, -0.15) is 0 Å². The van der Waals surface area contributed by atoms with Gasteiger partial charge in [0.25, 0.3) is 0 Å². The van der Waals surface area contributed by atoms with Crippen LogP contribution in [-0.4, -0.2) is 6.10 Å². The van der Waals surface area contributed by atoms with Gasteiger partial charge in [-0.25, -0.2) is 0 Å². The van der Waals surface area contributed by atoms with Gasteiger partial charge >= 0.3 is 0 Å². The molecule has 0 amide bonds. The second-order valence-corrected chi connectivity index (χ2v) is 6.05. The molecule has 1 atom stereocenters. The van der Waals surface area contributed by atoms with Crippen LogP contribution < -0.4 is 4.74 Å². The molecule has 0 saturated heterocycles. The molecule has 1 aliphatic carbocycles. The lowest BCUT2D eigenvalue weighted by molar-refractivity contribution is 0.279. The van der Waals surface area contributed by atoms with Crippen LogP contribution in [0.2, 0.25) is 0 Å². The van der Waals surface area contributed by atoms with Crippen molar-refractivity contribution in [2.45, 2.75) is 12.5 Å². The Kier molecular flexibility index (Phi) is 2.54. The van der Waals surface area contributed by atoms with E-state index in [2.05, 4.69) is 75.5 Å². The smallest absolute Gasteiger partial charge is 0.129 e. The van der Waals surface area contributed by atoms with Crippen LogP contribution in [0.1, 0.15) is 12.0 Å². The first kappa shape index (κ1) is 10.1. The summed E-state index contributed by atoms with van der Waals surface area (Å²) in [6.07, 6.45) is 5.61. The largest absolute Gasteiger partial charge is 0.485 e. The molecule has 76 valence electrons. The number of benzene rings is 1. The zero-order valence-electron chi connectivity index (χ0n) is 7.84. The number of rotatable bonds is 0. The predicted molar refractivity (Wildman–Crippen MR) is 78.3 cm³/mol. The van der Waals surface area contributed by atoms with E-state index < -0.39 is 0 Å². The summed E-state index contributed by atoms with van der Waals surface area (Å²) in [7, 11) is 0. The third-order valence-electron chi connectivity index (χ3n) is 2.69. The molecule has 1 nitrogen and oxygen atoms in total. The van der Waals surface area contributed by atoms with Crippen LogP contribution in [0.15, 0.2) is 33.9 Å². The summed E-state index contributed by atoms with van der Waals surface area (Å²) in [5.41, 5.74) is 2.65. The normalized spacial score (nSPS) is 22.4. The fourth-order valence-electron chi connectivity index (χ4n) is 2.03. The van der Waals surface area contributed by atoms with E-state index in [-0.39, 0.29) is 6.10 Å². The number of hydrogen-bond donors (Lipinski definition) is 0. The second-order valence-electron chi connectivity index (χ2n) is 3.65. The molecule has 1 heterocycles. The average molecular weight is 422 g/mol. The van der Waals surface area contributed by atoms with Gasteiger partial charge in [0.1, 0.15) is 11.9 Å². The topological polar surface area (TPSA) is 9.23 Å². The Morgan fingerprint density at radius 3 is 3.00 bits per heavy atom. The zero-order valence-corrected chi connectivity index (χ0v) is 12.2. The SMILES string of the molecule is IC1=C2c3cc(I)ccc3OC2CC=C1. The molecule has 0 aromatic heterocycles. The molecule has 1 unspecified atom stereocenters. The van der Waals surface area contributed by atoms with Crippen molar-refractivity contribution in [2.75, 3.05) is 0 Å². The molecule has 3 rings (SSSR count). The van der Waals surface area contributed by atoms with Gasteiger partial charge < -0.3 is 4.74 Å². The van der Waals surface area contributed by atoms with E-state index in [1.54, 1.807) is 0 Å². The van der Waals surface area contributed by atoms with Gasteiger partial charge in [0, 0.05) is 24.7 Å². The Hall–Kier alpha value is -0.0400. The predicted octanol–water partition coefficient (Wildman–Crippen LogP) is 4.16. The zero-order chi connectivity index (χ0) is 10.4. The van der Waals surface area contributed by atoms with Crippen molar-refractivity contribution in [1.82, 2.24) is 0 Å². The van der Waals surface area contributed by atoms with Gasteiger partial charge in [0.15, 0.2) is 0 Å². The van der Waals surface area contributed by atoms with Crippen LogP contribution in [0.4, 0.5) is 0 Å². The summed E-state index contributed by atoms with van der Waals surface area (Å²) in [4.78, 5) is 0. The first-order valence-electron chi connectivity index (χ1n) is 4.78. The van der Waals surface area contributed by atoms with Crippen LogP contribution in [0.25, 0.3) is 5.57 Å². The minimum atomic E-state index is 0.245. The number of fused-ring (bicyclic) bond motifs is 3. The molecular weight excluding hydrogens is 414 g/mol. The van der Waals surface area contributed by atoms with Crippen molar-refractivity contribution in [3.05, 3.63) is 43.1 Å². The van der Waals surface area contributed by atoms with Crippen molar-refractivity contribution >= 4 is 50.8 Å². The van der Waals surface area contributed by atoms with Crippen LogP contribution in [0, 0.1) is 3.57 Å². The quantitative estimate of drug-likeness (QED) is 0.571. The van der Waals surface area contributed by atoms with Crippen molar-refractivity contribution in [2.24, 2.45) is 0 Å². The molecule has 1 aromatic rings. The molecule has 0 radical (unpaired) electrons. The van der Waals surface area contributed by atoms with Crippen LogP contribution in [0.3, 0.4) is 0 Å². The second kappa shape index (κ2) is 3.76. The maximum Gasteiger partial charge on any atom is 0.129 e. The van der Waals surface area contributed by atoms with E-state index >= 15 is 0 Å². The standard InChI is InChI=1S/C12H8I2O/c13-7-4-5-10-8(6-7)12-9(14)2-1-3-11(12)15-10/h1-2,4-6,11H,3H2. The number of allylic oxidation sites excluding steroid dienone is 2. The highest BCUT2D eigenvalue weighted by Crippen LogP contribution is 2.44. The van der Waals surface area contributed by atoms with E-state index in [1.807, 2.05) is 0 Å². The Morgan fingerprint density at radius 2 is 2.13 bits per heavy atom. The van der Waals surface area contributed by atoms with Gasteiger partial charge in [-0.3, -0.25) is 0 Å². The number of ether oxygens (including phenoxy) is 1. The molecule has 0 bridgehead atoms. The van der Waals surface area contributed by atoms with E-state index in [9.17, 15) is 0 Å². The fourth-order valence-corrected chi connectivity index (χ4v) is 3.42. The third-order valence-corrected chi connectivity index (χ3v) is 4.31. The Bertz CT molecular complexity index is 488. The summed E-state index contributed by atoms with van der Waals surface area (Å²) in [5.74, 6) is 1.04. The van der Waals surface area contributed by atoms with Crippen molar-refractivity contribution < 1.29 is 4.74 Å². The minimum Gasteiger partial charge on any atom is -0.485 e. The van der Waals surface area contributed by atoms with Crippen LogP contribution in [-0.2, 0) is 0 Å². The van der Waals surface area contributed by atoms with Crippen LogP contribution >= 0.6 is 45.2 Å². The maximum atomic E-state index is 5.92. The molecule has 3 heteroatoms. The van der Waals surface area contributed by atoms with Gasteiger partial charge in [-0.05, 0) is 63.4 Å². The highest BCUT2D eigenvalue weighted by atomic mass is 127. The Morgan fingerprint density at radius 1 is 1.27 bits per heavy atom. The third kappa shape index (κ3) is 1.63. The van der Waals surface area contributed by atoms with E-state index in [0.717, 1.165) is 12.2 Å². The summed E-state index contributed by atoms with van der Waals surface area (Å²) in [6.45, 7) is 0. The Labute approximate surface area is 116 Å². The summed E-state index contributed by atoms with van der Waals surface area (Å²) in [5, 5.41) is 0. The minimum absolute atomic E-state index is 0.245. The number of hydrogen-bond acceptors (Lipinski definition) is 1. The average Bonchev–Trinajstić information content (AvgIpc) is 2.57. The fraction of sp³-hybridized carbons (Fsp3) is 0.167. The molecule has 0 spiro atoms. The van der Waals surface area contributed by atoms with E-state index in [1.165, 1.54) is 18.3 Å². The number of halogens is 2. The first-order chi connectivity index (χ1) is 7.25. The van der Waals surface area contributed by atoms with Crippen LogP contribution in [0.5, 0.6) is 5.75 Å². The van der Waals surface area contributed by atoms with E-state index in [0.29, 0.717) is 0 Å². The molecule has 0 fully saturated rings. The van der Waals surface area contributed by atoms with Crippen molar-refractivity contribution in [3.8, 4) is 5.75 Å². The lowest BCUT2D eigenvalue weighted by Crippen LogP contribution is -2.13. The maximum absolute atomic E-state index is 5.92. The molecule has 2 aliphatic rings. The Balaban J connectivity index is 2.23. The lowest BCUT2D eigenvalue weighted by atomic mass is 9.97. The summed E-state index contributed by atoms with van der Waals surface area (Å²) >= 11 is 4.74. The molecule has 1 aromatic carbocycles. The van der Waals surface area contributed by atoms with Crippen molar-refractivity contribution in [1.29, 1.82) is 0 Å². The summed E-state index contributed by atoms with van der Waals surface area (Å²) < 4.78 is 8.49. The molecule has 1 aliphatic heterocycles. The van der Waals surface area contributed by atoms with E-state index in [4.69, 9.17) is 4.74 Å². The van der Waals surface area contributed by atoms with Gasteiger partial charge in [0.2, 0.25) is 0 Å². The van der Waals surface area contributed by atoms with Gasteiger partial charge in [0.05, 0.1) is 0 Å². The summed E-state index contributed by atoms with van der Waals surface area (Å²) in [6, 6.07) is 6.38. The van der Waals surface area contributed by atoms with Gasteiger partial charge in [-0.1, -0.05) is 12.2 Å². The molecular formula is C12H8I2O. The molecule has 15 heavy (non-hydrogen) atoms. The van der Waals surface area contributed by atoms with Gasteiger partial charge in [-0.15, -0.1) is 0 Å². The lowest BCUT2D eigenvalue weighted by Gasteiger charge is -2.14. The monoisotopic (exact) mass is 422 g/mol. The molecule has 0 saturated carbocycles. The molecule has 0 N–H and O–H groups in total. The highest BCUT2D eigenvalue weighted by Gasteiger charge is 2.31.